The van der Waals surface area contributed by atoms with Crippen LogP contribution in [0.4, 0.5) is 0 Å². The molecule has 0 saturated heterocycles. The van der Waals surface area contributed by atoms with E-state index in [1.54, 1.807) is 0 Å². The van der Waals surface area contributed by atoms with E-state index in [1.165, 1.54) is 0 Å². The summed E-state index contributed by atoms with van der Waals surface area (Å²) in [5.74, 6) is 4.98. The maximum absolute atomic E-state index is 8.16. The summed E-state index contributed by atoms with van der Waals surface area (Å²) in [6, 6.07) is 0. The van der Waals surface area contributed by atoms with Crippen molar-refractivity contribution in [1.29, 1.82) is 0 Å². The molecule has 0 aromatic heterocycles. The molecule has 0 heterocycles. The first-order chi connectivity index (χ1) is 3.81. The van der Waals surface area contributed by atoms with Gasteiger partial charge in [0.1, 0.15) is 0 Å². The summed E-state index contributed by atoms with van der Waals surface area (Å²) < 4.78 is 17.2. The van der Waals surface area contributed by atoms with Gasteiger partial charge in [-0.05, 0) is 0 Å². The molecule has 54 valence electrons. The van der Waals surface area contributed by atoms with Crippen LogP contribution in [-0.4, -0.2) is 13.7 Å². The van der Waals surface area contributed by atoms with E-state index >= 15 is 0 Å². The average molecular weight is 348 g/mol. The van der Waals surface area contributed by atoms with Crippen LogP contribution in [0.2, 0.25) is 0 Å². The van der Waals surface area contributed by atoms with Gasteiger partial charge in [0.05, 0.1) is 0 Å². The first-order valence-corrected chi connectivity index (χ1v) is 6.36. The number of nitrogens with two attached hydrogens (primary N) is 1. The van der Waals surface area contributed by atoms with Gasteiger partial charge in [0.15, 0.2) is 0 Å². The van der Waals surface area contributed by atoms with Crippen molar-refractivity contribution in [2.45, 2.75) is 0 Å². The molecule has 0 atom stereocenters. The fourth-order valence-corrected chi connectivity index (χ4v) is 1.14. The molecule has 0 radical (unpaired) electrons. The van der Waals surface area contributed by atoms with E-state index in [1.807, 2.05) is 4.93 Å². The SMILES string of the molecule is C[I-]ON(N)O[I-]O. The molecule has 0 bridgehead atoms. The fraction of sp³-hybridized carbons (Fsp3) is 1.00. The topological polar surface area (TPSA) is 68.0 Å². The molecular formula is CH6I2N2O3-2. The Kier molecular flexibility index (Phi) is 7.39. The Balaban J connectivity index is 2.92. The van der Waals surface area contributed by atoms with Crippen LogP contribution in [0.3, 0.4) is 0 Å². The zero-order valence-electron chi connectivity index (χ0n) is 4.04. The maximum atomic E-state index is 8.16. The first kappa shape index (κ1) is 9.26. The van der Waals surface area contributed by atoms with E-state index in [-0.39, 0.29) is 21.6 Å². The molecule has 3 N–H and O–H groups in total. The van der Waals surface area contributed by atoms with Crippen molar-refractivity contribution in [2.75, 3.05) is 4.93 Å². The van der Waals surface area contributed by atoms with Crippen LogP contribution in [0.5, 0.6) is 0 Å². The predicted molar refractivity (Wildman–Crippen MR) is 16.3 cm³/mol. The third-order valence-corrected chi connectivity index (χ3v) is 1.58. The van der Waals surface area contributed by atoms with Gasteiger partial charge in [-0.25, -0.2) is 0 Å². The van der Waals surface area contributed by atoms with Crippen LogP contribution < -0.4 is 49.5 Å². The second-order valence-corrected chi connectivity index (χ2v) is 2.71. The van der Waals surface area contributed by atoms with Gasteiger partial charge in [0.25, 0.3) is 0 Å². The second kappa shape index (κ2) is 6.38. The second-order valence-electron chi connectivity index (χ2n) is 0.647. The summed E-state index contributed by atoms with van der Waals surface area (Å²) in [5.41, 5.74) is 0. The molecule has 0 aromatic rings. The van der Waals surface area contributed by atoms with Crippen LogP contribution in [-0.2, 0) is 6.33 Å². The molecule has 0 rings (SSSR count). The summed E-state index contributed by atoms with van der Waals surface area (Å²) in [6.07, 6.45) is 0. The normalized spacial score (nSPS) is 11.5. The van der Waals surface area contributed by atoms with Crippen molar-refractivity contribution in [2.24, 2.45) is 5.84 Å². The summed E-state index contributed by atoms with van der Waals surface area (Å²) in [7, 11) is 0. The molecule has 8 heavy (non-hydrogen) atoms. The number of nitrogens with zero attached hydrogens (tertiary/aromatic N) is 1. The Bertz CT molecular complexity index is 48.5. The van der Waals surface area contributed by atoms with Gasteiger partial charge >= 0.3 is 69.5 Å². The van der Waals surface area contributed by atoms with E-state index in [0.717, 1.165) is 0 Å². The standard InChI is InChI=1S/CH6I2N2O3/c1-2-7-5(4)8-3-6/h6H,4H2,1H3/q-2. The molecular weight excluding hydrogens is 342 g/mol. The van der Waals surface area contributed by atoms with Crippen LogP contribution >= 0.6 is 0 Å². The predicted octanol–water partition coefficient (Wildman–Crippen LogP) is -7.43. The van der Waals surface area contributed by atoms with Crippen molar-refractivity contribution in [3.8, 4) is 0 Å². The minimum absolute atomic E-state index is 0.363. The Labute approximate surface area is 69.2 Å². The monoisotopic (exact) mass is 348 g/mol. The van der Waals surface area contributed by atoms with E-state index < -0.39 is 22.0 Å². The Morgan fingerprint density at radius 2 is 2.25 bits per heavy atom. The van der Waals surface area contributed by atoms with Crippen molar-refractivity contribution >= 4 is 0 Å². The van der Waals surface area contributed by atoms with Gasteiger partial charge in [-0.2, -0.15) is 0 Å². The van der Waals surface area contributed by atoms with Crippen molar-refractivity contribution in [3.05, 3.63) is 0 Å². The van der Waals surface area contributed by atoms with Gasteiger partial charge < -0.3 is 0 Å². The number of halogens is 2. The zero-order chi connectivity index (χ0) is 6.41. The van der Waals surface area contributed by atoms with Crippen molar-refractivity contribution in [3.63, 3.8) is 0 Å². The van der Waals surface area contributed by atoms with Crippen molar-refractivity contribution in [1.82, 2.24) is 5.34 Å². The molecule has 7 heteroatoms. The van der Waals surface area contributed by atoms with E-state index in [4.69, 9.17) is 9.28 Å². The molecule has 0 saturated carbocycles. The Morgan fingerprint density at radius 3 is 2.62 bits per heavy atom. The van der Waals surface area contributed by atoms with Crippen LogP contribution in [0.1, 0.15) is 0 Å². The molecule has 0 aliphatic rings. The average Bonchev–Trinajstić information content (AvgIpc) is 1.68. The number of alkyl halides is 1. The molecule has 0 aliphatic heterocycles. The first-order valence-electron chi connectivity index (χ1n) is 1.48. The molecule has 0 amide bonds. The van der Waals surface area contributed by atoms with Gasteiger partial charge in [-0.3, -0.25) is 0 Å². The number of rotatable bonds is 4. The Hall–Kier alpha value is 1.26. The van der Waals surface area contributed by atoms with Gasteiger partial charge in [-0.1, -0.05) is 0 Å². The fourth-order valence-electron chi connectivity index (χ4n) is 0.109. The summed E-state index contributed by atoms with van der Waals surface area (Å²) >= 11 is -1.61. The quantitative estimate of drug-likeness (QED) is 0.229. The molecule has 0 aliphatic carbocycles. The summed E-state index contributed by atoms with van der Waals surface area (Å²) in [5, 5.41) is 0.709. The van der Waals surface area contributed by atoms with Gasteiger partial charge in [-0.15, -0.1) is 0 Å². The molecule has 0 aromatic carbocycles. The van der Waals surface area contributed by atoms with E-state index in [2.05, 4.69) is 6.33 Å². The van der Waals surface area contributed by atoms with Gasteiger partial charge in [0.2, 0.25) is 0 Å². The molecule has 0 spiro atoms. The summed E-state index contributed by atoms with van der Waals surface area (Å²) in [4.78, 5) is 1.87. The van der Waals surface area contributed by atoms with E-state index in [9.17, 15) is 0 Å². The minimum atomic E-state index is -1.25. The van der Waals surface area contributed by atoms with E-state index in [0.29, 0.717) is 5.34 Å². The number of hydrogen-bond donors (Lipinski definition) is 2. The van der Waals surface area contributed by atoms with Crippen LogP contribution in [0, 0.1) is 0 Å². The third-order valence-electron chi connectivity index (χ3n) is 0.236. The Morgan fingerprint density at radius 1 is 1.62 bits per heavy atom. The van der Waals surface area contributed by atoms with Gasteiger partial charge in [0, 0.05) is 0 Å². The summed E-state index contributed by atoms with van der Waals surface area (Å²) in [6.45, 7) is 0. The molecule has 5 nitrogen and oxygen atoms in total. The van der Waals surface area contributed by atoms with Crippen molar-refractivity contribution < 1.29 is 53.4 Å². The molecule has 0 fully saturated rings. The number of hydrogen-bond acceptors (Lipinski definition) is 5. The number of hydrazine groups is 1. The van der Waals surface area contributed by atoms with Crippen LogP contribution in [0.25, 0.3) is 0 Å². The van der Waals surface area contributed by atoms with Crippen LogP contribution in [0.15, 0.2) is 0 Å². The molecule has 0 unspecified atom stereocenters. The third kappa shape index (κ3) is 5.40. The zero-order valence-corrected chi connectivity index (χ0v) is 8.36.